The van der Waals surface area contributed by atoms with Crippen LogP contribution < -0.4 is 0 Å². The van der Waals surface area contributed by atoms with Crippen molar-refractivity contribution in [3.05, 3.63) is 12.7 Å². The molecule has 0 N–H and O–H groups in total. The molecule has 0 saturated carbocycles. The summed E-state index contributed by atoms with van der Waals surface area (Å²) in [7, 11) is 0. The number of hydrogen-bond donors (Lipinski definition) is 0. The molecule has 0 aromatic heterocycles. The van der Waals surface area contributed by atoms with Crippen molar-refractivity contribution in [2.45, 2.75) is 11.6 Å². The summed E-state index contributed by atoms with van der Waals surface area (Å²) in [6.45, 7) is 5.62. The summed E-state index contributed by atoms with van der Waals surface area (Å²) in [5.41, 5.74) is 0. The molecule has 0 fully saturated rings. The van der Waals surface area contributed by atoms with Gasteiger partial charge >= 0.3 is 41.1 Å². The van der Waals surface area contributed by atoms with Crippen molar-refractivity contribution in [3.8, 4) is 0 Å². The Morgan fingerprint density at radius 2 is 2.20 bits per heavy atom. The molecule has 2 radical (unpaired) electrons. The fraction of sp³-hybridized carbons (Fsp3) is 0.500. The monoisotopic (exact) mass is 130 g/mol. The SMILES string of the molecule is C=CC(C)[As]. The van der Waals surface area contributed by atoms with Gasteiger partial charge in [-0.2, -0.15) is 0 Å². The Morgan fingerprint density at radius 3 is 2.20 bits per heavy atom. The normalized spacial score (nSPS) is 14.0. The number of allylic oxidation sites excluding steroid dienone is 1. The summed E-state index contributed by atoms with van der Waals surface area (Å²) in [5, 5.41) is 0. The van der Waals surface area contributed by atoms with Crippen molar-refractivity contribution in [3.63, 3.8) is 0 Å². The van der Waals surface area contributed by atoms with Gasteiger partial charge in [0.2, 0.25) is 0 Å². The van der Waals surface area contributed by atoms with Crippen LogP contribution in [0.25, 0.3) is 0 Å². The summed E-state index contributed by atoms with van der Waals surface area (Å²) >= 11 is 2.49. The van der Waals surface area contributed by atoms with E-state index in [1.165, 1.54) is 0 Å². The van der Waals surface area contributed by atoms with Crippen LogP contribution >= 0.6 is 0 Å². The molecule has 0 saturated heterocycles. The van der Waals surface area contributed by atoms with Gasteiger partial charge in [0.1, 0.15) is 0 Å². The molecule has 1 unspecified atom stereocenters. The van der Waals surface area contributed by atoms with Gasteiger partial charge in [-0.1, -0.05) is 0 Å². The molecule has 0 nitrogen and oxygen atoms in total. The first-order chi connectivity index (χ1) is 2.27. The van der Waals surface area contributed by atoms with Gasteiger partial charge in [-0.25, -0.2) is 0 Å². The minimum atomic E-state index is 0.586. The van der Waals surface area contributed by atoms with Crippen molar-refractivity contribution in [1.29, 1.82) is 0 Å². The van der Waals surface area contributed by atoms with Crippen LogP contribution in [0.4, 0.5) is 0 Å². The molecule has 5 heavy (non-hydrogen) atoms. The Balaban J connectivity index is 2.83. The quantitative estimate of drug-likeness (QED) is 0.369. The molecule has 28 valence electrons. The summed E-state index contributed by atoms with van der Waals surface area (Å²) in [5.74, 6) is 0. The molecular formula is C4H7As. The summed E-state index contributed by atoms with van der Waals surface area (Å²) in [6, 6.07) is 0. The van der Waals surface area contributed by atoms with E-state index in [9.17, 15) is 0 Å². The molecule has 0 aliphatic heterocycles. The average Bonchev–Trinajstić information content (AvgIpc) is 1.38. The molecule has 1 heteroatoms. The maximum atomic E-state index is 3.54. The van der Waals surface area contributed by atoms with Gasteiger partial charge in [-0.05, 0) is 0 Å². The molecular weight excluding hydrogens is 123 g/mol. The van der Waals surface area contributed by atoms with Gasteiger partial charge in [0, 0.05) is 0 Å². The third-order valence-electron chi connectivity index (χ3n) is 0.341. The first-order valence-corrected chi connectivity index (χ1v) is 2.66. The molecule has 0 amide bonds. The van der Waals surface area contributed by atoms with Crippen LogP contribution in [0.2, 0.25) is 4.71 Å². The second-order valence-electron chi connectivity index (χ2n) is 0.976. The van der Waals surface area contributed by atoms with E-state index in [1.807, 2.05) is 6.08 Å². The van der Waals surface area contributed by atoms with E-state index in [1.54, 1.807) is 0 Å². The minimum absolute atomic E-state index is 0.586. The number of hydrogen-bond acceptors (Lipinski definition) is 0. The van der Waals surface area contributed by atoms with E-state index in [4.69, 9.17) is 0 Å². The predicted molar refractivity (Wildman–Crippen MR) is 25.4 cm³/mol. The van der Waals surface area contributed by atoms with Gasteiger partial charge in [0.25, 0.3) is 0 Å². The van der Waals surface area contributed by atoms with Crippen LogP contribution in [0.1, 0.15) is 6.92 Å². The Kier molecular flexibility index (Phi) is 2.68. The molecule has 0 aliphatic carbocycles. The Hall–Kier alpha value is 0.298. The Morgan fingerprint density at radius 1 is 2.00 bits per heavy atom. The molecule has 0 rings (SSSR count). The zero-order valence-corrected chi connectivity index (χ0v) is 5.19. The first-order valence-electron chi connectivity index (χ1n) is 1.58. The van der Waals surface area contributed by atoms with Crippen molar-refractivity contribution in [2.75, 3.05) is 0 Å². The van der Waals surface area contributed by atoms with E-state index in [0.717, 1.165) is 0 Å². The number of rotatable bonds is 1. The van der Waals surface area contributed by atoms with E-state index < -0.39 is 0 Å². The summed E-state index contributed by atoms with van der Waals surface area (Å²) in [6.07, 6.45) is 1.89. The maximum absolute atomic E-state index is 3.54. The topological polar surface area (TPSA) is 0 Å². The van der Waals surface area contributed by atoms with Crippen molar-refractivity contribution in [2.24, 2.45) is 0 Å². The van der Waals surface area contributed by atoms with E-state index >= 15 is 0 Å². The van der Waals surface area contributed by atoms with Gasteiger partial charge in [-0.3, -0.25) is 0 Å². The standard InChI is InChI=1S/C4H7As/c1-3-4(2)5/h3-4H,1H2,2H3. The van der Waals surface area contributed by atoms with E-state index in [0.29, 0.717) is 4.71 Å². The zero-order chi connectivity index (χ0) is 4.28. The van der Waals surface area contributed by atoms with Crippen LogP contribution in [-0.4, -0.2) is 16.9 Å². The third-order valence-corrected chi connectivity index (χ3v) is 0.783. The fourth-order valence-electron chi connectivity index (χ4n) is 0. The summed E-state index contributed by atoms with van der Waals surface area (Å²) in [4.78, 5) is 0. The molecule has 0 heterocycles. The van der Waals surface area contributed by atoms with Gasteiger partial charge < -0.3 is 0 Å². The first kappa shape index (κ1) is 5.30. The Bertz CT molecular complexity index is 30.6. The second-order valence-corrected chi connectivity index (χ2v) is 2.69. The third kappa shape index (κ3) is 4.30. The van der Waals surface area contributed by atoms with Crippen molar-refractivity contribution in [1.82, 2.24) is 0 Å². The van der Waals surface area contributed by atoms with Crippen molar-refractivity contribution >= 4 is 16.9 Å². The van der Waals surface area contributed by atoms with Crippen molar-refractivity contribution < 1.29 is 0 Å². The second kappa shape index (κ2) is 2.53. The van der Waals surface area contributed by atoms with Gasteiger partial charge in [0.05, 0.1) is 0 Å². The van der Waals surface area contributed by atoms with E-state index in [2.05, 4.69) is 30.4 Å². The van der Waals surface area contributed by atoms with Crippen LogP contribution in [0.15, 0.2) is 12.7 Å². The average molecular weight is 130 g/mol. The fourth-order valence-corrected chi connectivity index (χ4v) is 0. The molecule has 0 aliphatic rings. The molecule has 0 aromatic carbocycles. The van der Waals surface area contributed by atoms with Crippen LogP contribution in [0, 0.1) is 0 Å². The molecule has 1 atom stereocenters. The molecule has 0 spiro atoms. The predicted octanol–water partition coefficient (Wildman–Crippen LogP) is 1.15. The van der Waals surface area contributed by atoms with Gasteiger partial charge in [0.15, 0.2) is 0 Å². The van der Waals surface area contributed by atoms with Crippen LogP contribution in [0.3, 0.4) is 0 Å². The van der Waals surface area contributed by atoms with Crippen LogP contribution in [0.5, 0.6) is 0 Å². The van der Waals surface area contributed by atoms with E-state index in [-0.39, 0.29) is 0 Å². The van der Waals surface area contributed by atoms with Crippen LogP contribution in [-0.2, 0) is 0 Å². The molecule has 0 bridgehead atoms. The summed E-state index contributed by atoms with van der Waals surface area (Å²) < 4.78 is 0.586. The Labute approximate surface area is 41.8 Å². The zero-order valence-electron chi connectivity index (χ0n) is 3.31. The molecule has 0 aromatic rings. The van der Waals surface area contributed by atoms with Gasteiger partial charge in [-0.15, -0.1) is 0 Å².